The number of hydrogen-bond donors (Lipinski definition) is 2. The van der Waals surface area contributed by atoms with Crippen LogP contribution in [0.1, 0.15) is 32.6 Å². The Labute approximate surface area is 161 Å². The van der Waals surface area contributed by atoms with Crippen molar-refractivity contribution >= 4 is 33.2 Å². The van der Waals surface area contributed by atoms with E-state index in [-0.39, 0.29) is 18.4 Å². The fraction of sp³-hybridized carbons (Fsp3) is 0.474. The summed E-state index contributed by atoms with van der Waals surface area (Å²) in [4.78, 5) is 0.331. The molecule has 2 fully saturated rings. The lowest BCUT2D eigenvalue weighted by atomic mass is 10.0. The number of hydrogen-bond acceptors (Lipinski definition) is 4. The van der Waals surface area contributed by atoms with E-state index >= 15 is 0 Å². The Bertz CT molecular complexity index is 875. The predicted molar refractivity (Wildman–Crippen MR) is 106 cm³/mol. The molecule has 2 heterocycles. The monoisotopic (exact) mass is 396 g/mol. The van der Waals surface area contributed by atoms with Crippen LogP contribution in [0.4, 0.5) is 0 Å². The van der Waals surface area contributed by atoms with Gasteiger partial charge in [0.1, 0.15) is 5.75 Å². The first-order valence-corrected chi connectivity index (χ1v) is 10.5. The maximum atomic E-state index is 13.0. The maximum Gasteiger partial charge on any atom is 0.241 e. The Balaban J connectivity index is 0.00000196. The SMILES string of the molecule is CCOc1ccc(S(=O)(=O)NC2CC3CCC(C2)N3)c2ccccc12.Cl. The van der Waals surface area contributed by atoms with Crippen molar-refractivity contribution in [1.82, 2.24) is 10.0 Å². The molecule has 26 heavy (non-hydrogen) atoms. The van der Waals surface area contributed by atoms with Gasteiger partial charge >= 0.3 is 0 Å². The van der Waals surface area contributed by atoms with Crippen LogP contribution < -0.4 is 14.8 Å². The minimum atomic E-state index is -3.57. The summed E-state index contributed by atoms with van der Waals surface area (Å²) in [6.07, 6.45) is 4.03. The van der Waals surface area contributed by atoms with Crippen molar-refractivity contribution in [1.29, 1.82) is 0 Å². The second-order valence-corrected chi connectivity index (χ2v) is 8.65. The first-order valence-electron chi connectivity index (χ1n) is 9.00. The average molecular weight is 397 g/mol. The van der Waals surface area contributed by atoms with Gasteiger partial charge < -0.3 is 10.1 Å². The molecule has 5 nitrogen and oxygen atoms in total. The predicted octanol–water partition coefficient (Wildman–Crippen LogP) is 3.22. The molecule has 2 aliphatic rings. The van der Waals surface area contributed by atoms with E-state index in [1.54, 1.807) is 12.1 Å². The number of piperidine rings is 1. The number of sulfonamides is 1. The van der Waals surface area contributed by atoms with Gasteiger partial charge in [-0.05, 0) is 44.7 Å². The van der Waals surface area contributed by atoms with Gasteiger partial charge in [-0.25, -0.2) is 13.1 Å². The molecule has 2 saturated heterocycles. The second kappa shape index (κ2) is 7.72. The molecule has 0 aliphatic carbocycles. The highest BCUT2D eigenvalue weighted by atomic mass is 35.5. The molecule has 0 radical (unpaired) electrons. The Morgan fingerprint density at radius 1 is 1.08 bits per heavy atom. The fourth-order valence-corrected chi connectivity index (χ4v) is 5.67. The maximum absolute atomic E-state index is 13.0. The Morgan fingerprint density at radius 3 is 2.38 bits per heavy atom. The lowest BCUT2D eigenvalue weighted by Crippen LogP contribution is -2.47. The van der Waals surface area contributed by atoms with E-state index in [9.17, 15) is 8.42 Å². The average Bonchev–Trinajstić information content (AvgIpc) is 2.93. The molecule has 142 valence electrons. The van der Waals surface area contributed by atoms with Crippen LogP contribution in [0.2, 0.25) is 0 Å². The van der Waals surface area contributed by atoms with Crippen molar-refractivity contribution < 1.29 is 13.2 Å². The normalized spacial score (nSPS) is 25.0. The second-order valence-electron chi connectivity index (χ2n) is 6.97. The van der Waals surface area contributed by atoms with Gasteiger partial charge in [0.15, 0.2) is 0 Å². The molecule has 2 bridgehead atoms. The third kappa shape index (κ3) is 3.69. The molecule has 4 rings (SSSR count). The minimum Gasteiger partial charge on any atom is -0.493 e. The standard InChI is InChI=1S/C19H24N2O3S.ClH/c1-2-24-18-9-10-19(17-6-4-3-5-16(17)18)25(22,23)21-15-11-13-7-8-14(12-15)20-13;/h3-6,9-10,13-15,20-21H,2,7-8,11-12H2,1H3;1H. The molecule has 0 aromatic heterocycles. The van der Waals surface area contributed by atoms with Crippen molar-refractivity contribution in [3.05, 3.63) is 36.4 Å². The van der Waals surface area contributed by atoms with E-state index < -0.39 is 10.0 Å². The van der Waals surface area contributed by atoms with E-state index in [1.807, 2.05) is 31.2 Å². The van der Waals surface area contributed by atoms with Crippen molar-refractivity contribution in [2.45, 2.75) is 55.6 Å². The lowest BCUT2D eigenvalue weighted by molar-refractivity contribution is 0.344. The van der Waals surface area contributed by atoms with Gasteiger partial charge in [0.2, 0.25) is 10.0 Å². The number of fused-ring (bicyclic) bond motifs is 3. The van der Waals surface area contributed by atoms with E-state index in [1.165, 1.54) is 0 Å². The number of benzene rings is 2. The molecule has 0 saturated carbocycles. The molecule has 0 amide bonds. The van der Waals surface area contributed by atoms with Crippen LogP contribution >= 0.6 is 12.4 Å². The Kier molecular flexibility index (Phi) is 5.77. The van der Waals surface area contributed by atoms with Crippen molar-refractivity contribution in [2.75, 3.05) is 6.61 Å². The third-order valence-corrected chi connectivity index (χ3v) is 6.81. The van der Waals surface area contributed by atoms with Crippen molar-refractivity contribution in [2.24, 2.45) is 0 Å². The number of nitrogens with one attached hydrogen (secondary N) is 2. The summed E-state index contributed by atoms with van der Waals surface area (Å²) < 4.78 is 34.7. The molecule has 7 heteroatoms. The topological polar surface area (TPSA) is 67.4 Å². The molecular weight excluding hydrogens is 372 g/mol. The van der Waals surface area contributed by atoms with Gasteiger partial charge in [-0.3, -0.25) is 0 Å². The molecular formula is C19H25ClN2O3S. The molecule has 2 atom stereocenters. The highest BCUT2D eigenvalue weighted by molar-refractivity contribution is 7.89. The van der Waals surface area contributed by atoms with Crippen LogP contribution in [0.25, 0.3) is 10.8 Å². The Morgan fingerprint density at radius 2 is 1.73 bits per heavy atom. The molecule has 2 unspecified atom stereocenters. The molecule has 0 spiro atoms. The van der Waals surface area contributed by atoms with Gasteiger partial charge in [-0.15, -0.1) is 12.4 Å². The first-order chi connectivity index (χ1) is 12.1. The van der Waals surface area contributed by atoms with Crippen LogP contribution in [0.3, 0.4) is 0 Å². The molecule has 2 aromatic carbocycles. The largest absolute Gasteiger partial charge is 0.493 e. The highest BCUT2D eigenvalue weighted by Gasteiger charge is 2.35. The first kappa shape index (κ1) is 19.4. The van der Waals surface area contributed by atoms with E-state index in [2.05, 4.69) is 10.0 Å². The number of rotatable bonds is 5. The quantitative estimate of drug-likeness (QED) is 0.814. The highest BCUT2D eigenvalue weighted by Crippen LogP contribution is 2.32. The smallest absolute Gasteiger partial charge is 0.241 e. The Hall–Kier alpha value is -1.34. The number of halogens is 1. The van der Waals surface area contributed by atoms with Crippen LogP contribution in [0, 0.1) is 0 Å². The van der Waals surface area contributed by atoms with E-state index in [0.717, 1.165) is 36.8 Å². The molecule has 2 aromatic rings. The van der Waals surface area contributed by atoms with Gasteiger partial charge in [-0.1, -0.05) is 24.3 Å². The zero-order chi connectivity index (χ0) is 17.4. The van der Waals surface area contributed by atoms with Gasteiger partial charge in [0.05, 0.1) is 11.5 Å². The zero-order valence-electron chi connectivity index (χ0n) is 14.8. The molecule has 2 N–H and O–H groups in total. The summed E-state index contributed by atoms with van der Waals surface area (Å²) >= 11 is 0. The fourth-order valence-electron chi connectivity index (χ4n) is 4.20. The van der Waals surface area contributed by atoms with Crippen LogP contribution in [-0.4, -0.2) is 33.2 Å². The lowest BCUT2D eigenvalue weighted by Gasteiger charge is -2.29. The van der Waals surface area contributed by atoms with Crippen LogP contribution in [0.5, 0.6) is 5.75 Å². The van der Waals surface area contributed by atoms with Crippen molar-refractivity contribution in [3.8, 4) is 5.75 Å². The van der Waals surface area contributed by atoms with Gasteiger partial charge in [0, 0.05) is 28.9 Å². The summed E-state index contributed by atoms with van der Waals surface area (Å²) in [6, 6.07) is 11.8. The summed E-state index contributed by atoms with van der Waals surface area (Å²) in [6.45, 7) is 2.47. The summed E-state index contributed by atoms with van der Waals surface area (Å²) in [5.41, 5.74) is 0. The summed E-state index contributed by atoms with van der Waals surface area (Å²) in [5, 5.41) is 5.08. The third-order valence-electron chi connectivity index (χ3n) is 5.23. The summed E-state index contributed by atoms with van der Waals surface area (Å²) in [5.74, 6) is 0.719. The van der Waals surface area contributed by atoms with Gasteiger partial charge in [0.25, 0.3) is 0 Å². The minimum absolute atomic E-state index is 0. The van der Waals surface area contributed by atoms with Crippen LogP contribution in [-0.2, 0) is 10.0 Å². The van der Waals surface area contributed by atoms with Gasteiger partial charge in [-0.2, -0.15) is 0 Å². The number of ether oxygens (including phenoxy) is 1. The molecule has 2 aliphatic heterocycles. The summed E-state index contributed by atoms with van der Waals surface area (Å²) in [7, 11) is -3.57. The van der Waals surface area contributed by atoms with E-state index in [4.69, 9.17) is 4.74 Å². The van der Waals surface area contributed by atoms with Crippen molar-refractivity contribution in [3.63, 3.8) is 0 Å². The van der Waals surface area contributed by atoms with E-state index in [0.29, 0.717) is 29.0 Å². The zero-order valence-corrected chi connectivity index (χ0v) is 16.4. The van der Waals surface area contributed by atoms with Crippen LogP contribution in [0.15, 0.2) is 41.3 Å².